The zero-order valence-electron chi connectivity index (χ0n) is 12.2. The number of benzene rings is 1. The van der Waals surface area contributed by atoms with Gasteiger partial charge in [0.15, 0.2) is 0 Å². The van der Waals surface area contributed by atoms with E-state index in [1.165, 1.54) is 24.0 Å². The smallest absolute Gasteiger partial charge is 0.0605 e. The fourth-order valence-electron chi connectivity index (χ4n) is 2.10. The molecule has 0 bridgehead atoms. The molecule has 0 radical (unpaired) electrons. The topological polar surface area (TPSA) is 3.24 Å². The van der Waals surface area contributed by atoms with E-state index >= 15 is 0 Å². The van der Waals surface area contributed by atoms with Crippen LogP contribution in [-0.4, -0.2) is 24.5 Å². The van der Waals surface area contributed by atoms with Crippen LogP contribution in [0.2, 0.25) is 0 Å². The predicted octanol–water partition coefficient (Wildman–Crippen LogP) is 3.78. The molecule has 0 saturated heterocycles. The Morgan fingerprint density at radius 1 is 1.06 bits per heavy atom. The number of nitrogens with zero attached hydrogens (tertiary/aromatic N) is 1. The van der Waals surface area contributed by atoms with Crippen LogP contribution in [0.25, 0.3) is 0 Å². The highest BCUT2D eigenvalue weighted by atomic mass is 15.1. The molecule has 0 aliphatic rings. The van der Waals surface area contributed by atoms with Gasteiger partial charge in [0.25, 0.3) is 0 Å². The van der Waals surface area contributed by atoms with Gasteiger partial charge in [-0.1, -0.05) is 43.4 Å². The van der Waals surface area contributed by atoms with Crippen molar-refractivity contribution in [3.05, 3.63) is 34.9 Å². The summed E-state index contributed by atoms with van der Waals surface area (Å²) in [5.74, 6) is 6.60. The van der Waals surface area contributed by atoms with Gasteiger partial charge in [-0.3, -0.25) is 4.90 Å². The summed E-state index contributed by atoms with van der Waals surface area (Å²) in [6.07, 6.45) is 2.40. The lowest BCUT2D eigenvalue weighted by molar-refractivity contribution is 0.308. The van der Waals surface area contributed by atoms with Crippen molar-refractivity contribution in [3.63, 3.8) is 0 Å². The summed E-state index contributed by atoms with van der Waals surface area (Å²) >= 11 is 0. The molecule has 1 aromatic carbocycles. The number of aryl methyl sites for hydroxylation is 2. The Bertz CT molecular complexity index is 417. The minimum atomic E-state index is 0.884. The normalized spacial score (nSPS) is 10.3. The summed E-state index contributed by atoms with van der Waals surface area (Å²) in [5, 5.41) is 0. The Labute approximate surface area is 112 Å². The third-order valence-corrected chi connectivity index (χ3v) is 2.99. The molecule has 0 fully saturated rings. The van der Waals surface area contributed by atoms with Crippen molar-refractivity contribution >= 4 is 0 Å². The van der Waals surface area contributed by atoms with Crippen LogP contribution in [0, 0.1) is 25.7 Å². The molecule has 0 aliphatic heterocycles. The third kappa shape index (κ3) is 4.94. The van der Waals surface area contributed by atoms with E-state index < -0.39 is 0 Å². The van der Waals surface area contributed by atoms with Crippen LogP contribution in [0.1, 0.15) is 43.4 Å². The molecule has 0 heterocycles. The zero-order valence-corrected chi connectivity index (χ0v) is 12.2. The fraction of sp³-hybridized carbons (Fsp3) is 0.529. The second-order valence-corrected chi connectivity index (χ2v) is 4.90. The Hall–Kier alpha value is -1.26. The summed E-state index contributed by atoms with van der Waals surface area (Å²) in [5.41, 5.74) is 3.74. The Kier molecular flexibility index (Phi) is 6.54. The Balaban J connectivity index is 2.63. The zero-order chi connectivity index (χ0) is 13.4. The van der Waals surface area contributed by atoms with Crippen LogP contribution >= 0.6 is 0 Å². The molecule has 0 aliphatic carbocycles. The standard InChI is InChI=1S/C17H25N/c1-5-11-18(12-6-2)13-7-8-17-10-9-15(3)14-16(17)4/h9-10,14H,5-6,11-13H2,1-4H3. The lowest BCUT2D eigenvalue weighted by atomic mass is 10.1. The van der Waals surface area contributed by atoms with E-state index in [1.807, 2.05) is 0 Å². The molecule has 1 rings (SSSR count). The van der Waals surface area contributed by atoms with Gasteiger partial charge in [-0.05, 0) is 51.4 Å². The van der Waals surface area contributed by atoms with Gasteiger partial charge in [0.05, 0.1) is 6.54 Å². The molecule has 0 amide bonds. The third-order valence-electron chi connectivity index (χ3n) is 2.99. The maximum absolute atomic E-state index is 3.31. The average molecular weight is 243 g/mol. The van der Waals surface area contributed by atoms with Crippen molar-refractivity contribution < 1.29 is 0 Å². The fourth-order valence-corrected chi connectivity index (χ4v) is 2.10. The van der Waals surface area contributed by atoms with Crippen LogP contribution in [0.4, 0.5) is 0 Å². The van der Waals surface area contributed by atoms with Crippen LogP contribution in [-0.2, 0) is 0 Å². The van der Waals surface area contributed by atoms with E-state index in [0.29, 0.717) is 0 Å². The van der Waals surface area contributed by atoms with E-state index in [-0.39, 0.29) is 0 Å². The van der Waals surface area contributed by atoms with E-state index in [1.54, 1.807) is 0 Å². The first kappa shape index (κ1) is 14.8. The monoisotopic (exact) mass is 243 g/mol. The largest absolute Gasteiger partial charge is 0.292 e. The summed E-state index contributed by atoms with van der Waals surface area (Å²) in [7, 11) is 0. The maximum Gasteiger partial charge on any atom is 0.0605 e. The molecule has 0 N–H and O–H groups in total. The molecule has 0 unspecified atom stereocenters. The number of hydrogen-bond donors (Lipinski definition) is 0. The van der Waals surface area contributed by atoms with Crippen molar-refractivity contribution in [2.24, 2.45) is 0 Å². The lowest BCUT2D eigenvalue weighted by Crippen LogP contribution is -2.25. The van der Waals surface area contributed by atoms with Crippen LogP contribution < -0.4 is 0 Å². The first-order valence-electron chi connectivity index (χ1n) is 6.95. The molecule has 1 heteroatoms. The summed E-state index contributed by atoms with van der Waals surface area (Å²) in [6, 6.07) is 6.45. The first-order chi connectivity index (χ1) is 8.67. The van der Waals surface area contributed by atoms with Gasteiger partial charge >= 0.3 is 0 Å². The molecule has 1 aromatic rings. The Morgan fingerprint density at radius 3 is 2.28 bits per heavy atom. The second kappa shape index (κ2) is 7.95. The highest BCUT2D eigenvalue weighted by Gasteiger charge is 1.99. The molecule has 1 nitrogen and oxygen atoms in total. The summed E-state index contributed by atoms with van der Waals surface area (Å²) in [4.78, 5) is 2.43. The molecular formula is C17H25N. The van der Waals surface area contributed by atoms with Crippen LogP contribution in [0.3, 0.4) is 0 Å². The van der Waals surface area contributed by atoms with Crippen molar-refractivity contribution in [3.8, 4) is 11.8 Å². The highest BCUT2D eigenvalue weighted by molar-refractivity contribution is 5.42. The van der Waals surface area contributed by atoms with Crippen LogP contribution in [0.5, 0.6) is 0 Å². The van der Waals surface area contributed by atoms with Gasteiger partial charge in [-0.2, -0.15) is 0 Å². The number of hydrogen-bond acceptors (Lipinski definition) is 1. The molecule has 0 saturated carbocycles. The first-order valence-corrected chi connectivity index (χ1v) is 6.95. The van der Waals surface area contributed by atoms with Gasteiger partial charge in [-0.25, -0.2) is 0 Å². The Morgan fingerprint density at radius 2 is 1.72 bits per heavy atom. The van der Waals surface area contributed by atoms with Gasteiger partial charge in [0.1, 0.15) is 0 Å². The van der Waals surface area contributed by atoms with Gasteiger partial charge in [0, 0.05) is 5.56 Å². The lowest BCUT2D eigenvalue weighted by Gasteiger charge is -2.17. The van der Waals surface area contributed by atoms with E-state index in [4.69, 9.17) is 0 Å². The van der Waals surface area contributed by atoms with Gasteiger partial charge in [0.2, 0.25) is 0 Å². The van der Waals surface area contributed by atoms with Crippen LogP contribution in [0.15, 0.2) is 18.2 Å². The SMILES string of the molecule is CCCN(CC#Cc1ccc(C)cc1C)CCC. The van der Waals surface area contributed by atoms with Gasteiger partial charge < -0.3 is 0 Å². The molecular weight excluding hydrogens is 218 g/mol. The average Bonchev–Trinajstić information content (AvgIpc) is 2.32. The van der Waals surface area contributed by atoms with Crippen molar-refractivity contribution in [2.75, 3.05) is 19.6 Å². The molecule has 0 aromatic heterocycles. The predicted molar refractivity (Wildman–Crippen MR) is 79.8 cm³/mol. The highest BCUT2D eigenvalue weighted by Crippen LogP contribution is 2.08. The van der Waals surface area contributed by atoms with Gasteiger partial charge in [-0.15, -0.1) is 0 Å². The summed E-state index contributed by atoms with van der Waals surface area (Å²) < 4.78 is 0. The second-order valence-electron chi connectivity index (χ2n) is 4.90. The molecule has 0 atom stereocenters. The minimum Gasteiger partial charge on any atom is -0.292 e. The van der Waals surface area contributed by atoms with E-state index in [0.717, 1.165) is 25.2 Å². The summed E-state index contributed by atoms with van der Waals surface area (Å²) in [6.45, 7) is 11.9. The van der Waals surface area contributed by atoms with E-state index in [2.05, 4.69) is 62.6 Å². The van der Waals surface area contributed by atoms with Crippen molar-refractivity contribution in [1.29, 1.82) is 0 Å². The quantitative estimate of drug-likeness (QED) is 0.711. The minimum absolute atomic E-state index is 0.884. The molecule has 18 heavy (non-hydrogen) atoms. The van der Waals surface area contributed by atoms with E-state index in [9.17, 15) is 0 Å². The van der Waals surface area contributed by atoms with Crippen molar-refractivity contribution in [1.82, 2.24) is 4.90 Å². The maximum atomic E-state index is 3.31. The number of rotatable bonds is 5. The molecule has 0 spiro atoms. The van der Waals surface area contributed by atoms with Crippen molar-refractivity contribution in [2.45, 2.75) is 40.5 Å². The molecule has 98 valence electrons.